The summed E-state index contributed by atoms with van der Waals surface area (Å²) in [4.78, 5) is 15.4. The van der Waals surface area contributed by atoms with Crippen LogP contribution in [0, 0.1) is 0 Å². The minimum Gasteiger partial charge on any atom is -0.497 e. The number of ether oxygens (including phenoxy) is 1. The molecule has 1 aromatic carbocycles. The van der Waals surface area contributed by atoms with E-state index in [9.17, 15) is 9.90 Å². The van der Waals surface area contributed by atoms with Crippen LogP contribution in [0.1, 0.15) is 54.5 Å². The third-order valence-corrected chi connectivity index (χ3v) is 6.34. The second kappa shape index (κ2) is 8.04. The number of amides is 1. The highest BCUT2D eigenvalue weighted by Crippen LogP contribution is 2.47. The minimum atomic E-state index is -0.623. The van der Waals surface area contributed by atoms with E-state index in [1.807, 2.05) is 38.1 Å². The molecule has 0 fully saturated rings. The Bertz CT molecular complexity index is 1240. The zero-order chi connectivity index (χ0) is 23.2. The van der Waals surface area contributed by atoms with Gasteiger partial charge < -0.3 is 14.4 Å². The Labute approximate surface area is 191 Å². The van der Waals surface area contributed by atoms with Gasteiger partial charge in [-0.1, -0.05) is 37.2 Å². The number of aliphatic hydroxyl groups excluding tert-OH is 1. The van der Waals surface area contributed by atoms with Crippen LogP contribution >= 0.6 is 0 Å². The monoisotopic (exact) mass is 446 g/mol. The fraction of sp³-hybridized carbons (Fsp3) is 0.320. The van der Waals surface area contributed by atoms with E-state index in [0.29, 0.717) is 11.4 Å². The number of rotatable bonds is 6. The Hall–Kier alpha value is -3.65. The Balaban J connectivity index is 1.65. The summed E-state index contributed by atoms with van der Waals surface area (Å²) in [5.74, 6) is 0.587. The van der Waals surface area contributed by atoms with Gasteiger partial charge in [0.1, 0.15) is 23.4 Å². The molecule has 1 amide bonds. The Kier molecular flexibility index (Phi) is 5.17. The zero-order valence-corrected chi connectivity index (χ0v) is 18.8. The third-order valence-electron chi connectivity index (χ3n) is 6.34. The van der Waals surface area contributed by atoms with Crippen molar-refractivity contribution in [2.45, 2.75) is 38.1 Å². The molecular formula is C25H26N4O4. The van der Waals surface area contributed by atoms with E-state index in [-0.39, 0.29) is 12.5 Å². The van der Waals surface area contributed by atoms with Crippen molar-refractivity contribution in [1.82, 2.24) is 15.4 Å². The van der Waals surface area contributed by atoms with Crippen molar-refractivity contribution in [2.24, 2.45) is 0 Å². The van der Waals surface area contributed by atoms with Gasteiger partial charge in [-0.15, -0.1) is 0 Å². The molecule has 2 N–H and O–H groups in total. The molecule has 2 aliphatic rings. The van der Waals surface area contributed by atoms with Gasteiger partial charge >= 0.3 is 0 Å². The van der Waals surface area contributed by atoms with E-state index >= 15 is 0 Å². The summed E-state index contributed by atoms with van der Waals surface area (Å²) in [6.45, 7) is 3.75. The van der Waals surface area contributed by atoms with E-state index in [4.69, 9.17) is 9.26 Å². The van der Waals surface area contributed by atoms with Crippen LogP contribution in [0.5, 0.6) is 0 Å². The number of aromatic amines is 1. The number of anilines is 1. The minimum absolute atomic E-state index is 0.0936. The summed E-state index contributed by atoms with van der Waals surface area (Å²) in [5.41, 5.74) is 4.59. The van der Waals surface area contributed by atoms with Crippen LogP contribution in [0.3, 0.4) is 0 Å². The van der Waals surface area contributed by atoms with Crippen LogP contribution in [-0.4, -0.2) is 40.1 Å². The van der Waals surface area contributed by atoms with Crippen LogP contribution < -0.4 is 4.90 Å². The molecule has 8 heteroatoms. The van der Waals surface area contributed by atoms with Gasteiger partial charge in [-0.05, 0) is 31.1 Å². The molecule has 2 aromatic heterocycles. The summed E-state index contributed by atoms with van der Waals surface area (Å²) in [7, 11) is 1.65. The summed E-state index contributed by atoms with van der Waals surface area (Å²) >= 11 is 0. The zero-order valence-electron chi connectivity index (χ0n) is 18.8. The average Bonchev–Trinajstić information content (AvgIpc) is 3.57. The number of nitrogens with zero attached hydrogens (tertiary/aromatic N) is 3. The van der Waals surface area contributed by atoms with Crippen molar-refractivity contribution >= 4 is 11.6 Å². The summed E-state index contributed by atoms with van der Waals surface area (Å²) in [6.07, 6.45) is 7.46. The van der Waals surface area contributed by atoms with Gasteiger partial charge in [-0.3, -0.25) is 14.8 Å². The SMILES string of the molecule is COC1=CCCC=C1C1c2c(C(C)(C)CO)n[nH]c2C(=O)N1c1ccc(-c2ccon2)cc1. The molecule has 170 valence electrons. The maximum Gasteiger partial charge on any atom is 0.277 e. The van der Waals surface area contributed by atoms with E-state index < -0.39 is 11.5 Å². The van der Waals surface area contributed by atoms with Crippen LogP contribution in [0.2, 0.25) is 0 Å². The standard InChI is InChI=1S/C25H26N4O4/c1-25(2,14-30)23-20-21(26-27-23)24(31)29(22(20)17-6-4-5-7-19(17)32-3)16-10-8-15(9-11-16)18-12-13-33-28-18/h6-13,22,30H,4-5,14H2,1-3H3,(H,26,27). The number of hydrogen-bond acceptors (Lipinski definition) is 6. The van der Waals surface area contributed by atoms with Gasteiger partial charge in [0.25, 0.3) is 5.91 Å². The average molecular weight is 447 g/mol. The first kappa shape index (κ1) is 21.2. The number of nitrogens with one attached hydrogen (secondary N) is 1. The molecular weight excluding hydrogens is 420 g/mol. The summed E-state index contributed by atoms with van der Waals surface area (Å²) < 4.78 is 10.7. The molecule has 1 atom stereocenters. The lowest BCUT2D eigenvalue weighted by molar-refractivity contribution is 0.0988. The molecule has 5 rings (SSSR count). The van der Waals surface area contributed by atoms with Crippen molar-refractivity contribution in [3.63, 3.8) is 0 Å². The molecule has 3 heterocycles. The second-order valence-electron chi connectivity index (χ2n) is 8.92. The molecule has 0 radical (unpaired) electrons. The van der Waals surface area contributed by atoms with Crippen molar-refractivity contribution < 1.29 is 19.2 Å². The van der Waals surface area contributed by atoms with Crippen LogP contribution in [0.15, 0.2) is 64.6 Å². The molecule has 1 aliphatic heterocycles. The number of carbonyl (C=O) groups is 1. The maximum absolute atomic E-state index is 13.7. The molecule has 1 unspecified atom stereocenters. The van der Waals surface area contributed by atoms with E-state index in [1.54, 1.807) is 18.1 Å². The molecule has 0 spiro atoms. The molecule has 3 aromatic rings. The van der Waals surface area contributed by atoms with Crippen molar-refractivity contribution in [2.75, 3.05) is 18.6 Å². The lowest BCUT2D eigenvalue weighted by atomic mass is 9.83. The number of methoxy groups -OCH3 is 1. The van der Waals surface area contributed by atoms with Gasteiger partial charge in [0, 0.05) is 33.9 Å². The number of allylic oxidation sites excluding steroid dienone is 2. The fourth-order valence-electron chi connectivity index (χ4n) is 4.57. The van der Waals surface area contributed by atoms with Crippen molar-refractivity contribution in [1.29, 1.82) is 0 Å². The van der Waals surface area contributed by atoms with Gasteiger partial charge in [0.15, 0.2) is 0 Å². The van der Waals surface area contributed by atoms with Crippen molar-refractivity contribution in [3.8, 4) is 11.3 Å². The normalized spacial score (nSPS) is 18.2. The first-order chi connectivity index (χ1) is 16.0. The fourth-order valence-corrected chi connectivity index (χ4v) is 4.57. The molecule has 33 heavy (non-hydrogen) atoms. The van der Waals surface area contributed by atoms with Crippen LogP contribution in [-0.2, 0) is 10.2 Å². The topological polar surface area (TPSA) is 104 Å². The highest BCUT2D eigenvalue weighted by molar-refractivity contribution is 6.11. The molecule has 0 saturated carbocycles. The smallest absolute Gasteiger partial charge is 0.277 e. The number of aliphatic hydroxyl groups is 1. The van der Waals surface area contributed by atoms with Crippen LogP contribution in [0.4, 0.5) is 5.69 Å². The maximum atomic E-state index is 13.7. The number of hydrogen-bond donors (Lipinski definition) is 2. The Morgan fingerprint density at radius 3 is 2.64 bits per heavy atom. The van der Waals surface area contributed by atoms with Gasteiger partial charge in [-0.2, -0.15) is 5.10 Å². The van der Waals surface area contributed by atoms with Crippen LogP contribution in [0.25, 0.3) is 11.3 Å². The first-order valence-corrected chi connectivity index (χ1v) is 10.9. The van der Waals surface area contributed by atoms with Gasteiger partial charge in [-0.25, -0.2) is 0 Å². The Morgan fingerprint density at radius 2 is 1.97 bits per heavy atom. The second-order valence-corrected chi connectivity index (χ2v) is 8.92. The molecule has 1 aliphatic carbocycles. The number of aromatic nitrogens is 3. The van der Waals surface area contributed by atoms with E-state index in [1.165, 1.54) is 6.26 Å². The number of carbonyl (C=O) groups excluding carboxylic acids is 1. The van der Waals surface area contributed by atoms with Crippen molar-refractivity contribution in [3.05, 3.63) is 77.0 Å². The van der Waals surface area contributed by atoms with E-state index in [0.717, 1.165) is 46.7 Å². The first-order valence-electron chi connectivity index (χ1n) is 10.9. The lowest BCUT2D eigenvalue weighted by Gasteiger charge is -2.31. The predicted octanol–water partition coefficient (Wildman–Crippen LogP) is 4.29. The number of H-pyrrole nitrogens is 1. The largest absolute Gasteiger partial charge is 0.497 e. The van der Waals surface area contributed by atoms with Gasteiger partial charge in [0.05, 0.1) is 25.5 Å². The van der Waals surface area contributed by atoms with Gasteiger partial charge in [0.2, 0.25) is 0 Å². The summed E-state index contributed by atoms with van der Waals surface area (Å²) in [6, 6.07) is 9.03. The molecule has 0 bridgehead atoms. The highest BCUT2D eigenvalue weighted by Gasteiger charge is 2.47. The Morgan fingerprint density at radius 1 is 1.21 bits per heavy atom. The summed E-state index contributed by atoms with van der Waals surface area (Å²) in [5, 5.41) is 21.4. The lowest BCUT2D eigenvalue weighted by Crippen LogP contribution is -2.32. The molecule has 8 nitrogen and oxygen atoms in total. The highest BCUT2D eigenvalue weighted by atomic mass is 16.5. The number of benzene rings is 1. The van der Waals surface area contributed by atoms with E-state index in [2.05, 4.69) is 27.5 Å². The third kappa shape index (κ3) is 3.38. The number of fused-ring (bicyclic) bond motifs is 1. The molecule has 0 saturated heterocycles. The predicted molar refractivity (Wildman–Crippen MR) is 123 cm³/mol. The quantitative estimate of drug-likeness (QED) is 0.585.